The summed E-state index contributed by atoms with van der Waals surface area (Å²) in [6, 6.07) is 21.3. The molecule has 0 aliphatic rings. The van der Waals surface area contributed by atoms with Crippen molar-refractivity contribution in [1.82, 2.24) is 4.98 Å². The first-order valence-electron chi connectivity index (χ1n) is 9.52. The van der Waals surface area contributed by atoms with Crippen LogP contribution in [0.3, 0.4) is 0 Å². The minimum Gasteiger partial charge on any atom is -0.496 e. The Labute approximate surface area is 169 Å². The highest BCUT2D eigenvalue weighted by molar-refractivity contribution is 5.93. The van der Waals surface area contributed by atoms with Gasteiger partial charge in [-0.15, -0.1) is 0 Å². The van der Waals surface area contributed by atoms with Crippen molar-refractivity contribution < 1.29 is 13.9 Å². The number of nitrogens with zero attached hydrogens (tertiary/aromatic N) is 1. The van der Waals surface area contributed by atoms with E-state index in [0.29, 0.717) is 35.8 Å². The van der Waals surface area contributed by atoms with Gasteiger partial charge in [-0.1, -0.05) is 42.0 Å². The van der Waals surface area contributed by atoms with Gasteiger partial charge in [-0.05, 0) is 43.2 Å². The number of fused-ring (bicyclic) bond motifs is 1. The van der Waals surface area contributed by atoms with Gasteiger partial charge < -0.3 is 14.5 Å². The molecular weight excluding hydrogens is 364 g/mol. The number of para-hydroxylation sites is 1. The number of anilines is 1. The maximum absolute atomic E-state index is 12.3. The number of oxazole rings is 1. The number of carbonyl (C=O) groups is 1. The highest BCUT2D eigenvalue weighted by atomic mass is 16.5. The van der Waals surface area contributed by atoms with Gasteiger partial charge in [0.1, 0.15) is 11.3 Å². The zero-order valence-corrected chi connectivity index (χ0v) is 16.4. The van der Waals surface area contributed by atoms with Gasteiger partial charge in [0.15, 0.2) is 5.58 Å². The number of methoxy groups -OCH3 is 1. The molecule has 29 heavy (non-hydrogen) atoms. The molecule has 1 amide bonds. The van der Waals surface area contributed by atoms with Crippen molar-refractivity contribution >= 4 is 22.7 Å². The van der Waals surface area contributed by atoms with Crippen LogP contribution in [0, 0.1) is 6.92 Å². The predicted molar refractivity (Wildman–Crippen MR) is 114 cm³/mol. The topological polar surface area (TPSA) is 64.4 Å². The van der Waals surface area contributed by atoms with Gasteiger partial charge in [0.05, 0.1) is 12.7 Å². The molecule has 1 heterocycles. The normalized spacial score (nSPS) is 10.8. The van der Waals surface area contributed by atoms with Crippen molar-refractivity contribution in [3.05, 3.63) is 77.9 Å². The van der Waals surface area contributed by atoms with Crippen LogP contribution in [0.4, 0.5) is 5.69 Å². The van der Waals surface area contributed by atoms with E-state index in [0.717, 1.165) is 16.6 Å². The Balaban J connectivity index is 1.47. The zero-order chi connectivity index (χ0) is 20.2. The lowest BCUT2D eigenvalue weighted by atomic mass is 10.1. The third kappa shape index (κ3) is 4.29. The van der Waals surface area contributed by atoms with E-state index in [9.17, 15) is 4.79 Å². The van der Waals surface area contributed by atoms with Crippen LogP contribution in [-0.4, -0.2) is 18.0 Å². The van der Waals surface area contributed by atoms with Crippen LogP contribution in [0.15, 0.2) is 71.1 Å². The van der Waals surface area contributed by atoms with Gasteiger partial charge in [0.2, 0.25) is 11.8 Å². The van der Waals surface area contributed by atoms with Gasteiger partial charge in [-0.25, -0.2) is 4.98 Å². The third-order valence-corrected chi connectivity index (χ3v) is 4.77. The molecule has 0 radical (unpaired) electrons. The molecule has 0 unspecified atom stereocenters. The summed E-state index contributed by atoms with van der Waals surface area (Å²) in [4.78, 5) is 16.9. The van der Waals surface area contributed by atoms with Crippen LogP contribution in [-0.2, 0) is 11.2 Å². The Kier molecular flexibility index (Phi) is 5.29. The Morgan fingerprint density at radius 3 is 2.66 bits per heavy atom. The number of hydrogen-bond donors (Lipinski definition) is 1. The first kappa shape index (κ1) is 18.7. The van der Waals surface area contributed by atoms with Crippen LogP contribution in [0.25, 0.3) is 22.6 Å². The van der Waals surface area contributed by atoms with Crippen molar-refractivity contribution in [1.29, 1.82) is 0 Å². The number of aromatic nitrogens is 1. The highest BCUT2D eigenvalue weighted by Crippen LogP contribution is 2.32. The first-order valence-corrected chi connectivity index (χ1v) is 9.52. The molecule has 0 fully saturated rings. The molecule has 3 aromatic carbocycles. The third-order valence-electron chi connectivity index (χ3n) is 4.77. The van der Waals surface area contributed by atoms with Gasteiger partial charge in [-0.2, -0.15) is 0 Å². The van der Waals surface area contributed by atoms with Gasteiger partial charge in [-0.3, -0.25) is 4.79 Å². The van der Waals surface area contributed by atoms with E-state index in [1.54, 1.807) is 13.2 Å². The van der Waals surface area contributed by atoms with E-state index in [1.807, 2.05) is 36.4 Å². The number of benzene rings is 3. The molecule has 0 bridgehead atoms. The summed E-state index contributed by atoms with van der Waals surface area (Å²) in [7, 11) is 1.62. The minimum atomic E-state index is -0.0330. The average Bonchev–Trinajstić information content (AvgIpc) is 3.16. The summed E-state index contributed by atoms with van der Waals surface area (Å²) in [6.07, 6.45) is 1.12. The maximum atomic E-state index is 12.3. The van der Waals surface area contributed by atoms with Crippen molar-refractivity contribution in [2.45, 2.75) is 19.8 Å². The van der Waals surface area contributed by atoms with E-state index in [1.165, 1.54) is 5.56 Å². The lowest BCUT2D eigenvalue weighted by molar-refractivity contribution is -0.116. The van der Waals surface area contributed by atoms with Crippen LogP contribution in [0.1, 0.15) is 17.5 Å². The van der Waals surface area contributed by atoms with Crippen LogP contribution < -0.4 is 10.1 Å². The molecule has 1 aromatic heterocycles. The van der Waals surface area contributed by atoms with Gasteiger partial charge in [0.25, 0.3) is 0 Å². The molecular formula is C24H22N2O3. The second kappa shape index (κ2) is 8.19. The molecule has 4 rings (SSSR count). The number of nitrogens with one attached hydrogen (secondary N) is 1. The summed E-state index contributed by atoms with van der Waals surface area (Å²) in [6.45, 7) is 2.05. The molecule has 0 saturated heterocycles. The molecule has 0 saturated carbocycles. The van der Waals surface area contributed by atoms with E-state index in [4.69, 9.17) is 9.15 Å². The quantitative estimate of drug-likeness (QED) is 0.483. The summed E-state index contributed by atoms with van der Waals surface area (Å²) in [5.41, 5.74) is 5.18. The molecule has 0 aliphatic carbocycles. The van der Waals surface area contributed by atoms with E-state index < -0.39 is 0 Å². The number of rotatable bonds is 6. The summed E-state index contributed by atoms with van der Waals surface area (Å²) < 4.78 is 11.3. The summed E-state index contributed by atoms with van der Waals surface area (Å²) in [5, 5.41) is 2.94. The Bertz CT molecular complexity index is 1150. The van der Waals surface area contributed by atoms with Gasteiger partial charge in [0, 0.05) is 18.2 Å². The van der Waals surface area contributed by atoms with E-state index >= 15 is 0 Å². The van der Waals surface area contributed by atoms with Crippen LogP contribution in [0.2, 0.25) is 0 Å². The molecule has 5 nitrogen and oxygen atoms in total. The number of aryl methyl sites for hydroxylation is 2. The number of ether oxygens (including phenoxy) is 1. The largest absolute Gasteiger partial charge is 0.496 e. The van der Waals surface area contributed by atoms with Crippen molar-refractivity contribution in [2.75, 3.05) is 12.4 Å². The molecule has 146 valence electrons. The molecule has 0 atom stereocenters. The predicted octanol–water partition coefficient (Wildman–Crippen LogP) is 5.38. The van der Waals surface area contributed by atoms with Crippen molar-refractivity contribution in [3.8, 4) is 17.2 Å². The lowest BCUT2D eigenvalue weighted by Gasteiger charge is -2.05. The Hall–Kier alpha value is -3.60. The van der Waals surface area contributed by atoms with E-state index in [-0.39, 0.29) is 5.91 Å². The highest BCUT2D eigenvalue weighted by Gasteiger charge is 2.13. The molecule has 5 heteroatoms. The molecule has 0 aliphatic heterocycles. The Morgan fingerprint density at radius 2 is 1.86 bits per heavy atom. The number of amides is 1. The maximum Gasteiger partial charge on any atom is 0.231 e. The number of hydrogen-bond acceptors (Lipinski definition) is 4. The second-order valence-corrected chi connectivity index (χ2v) is 6.94. The second-order valence-electron chi connectivity index (χ2n) is 6.94. The zero-order valence-electron chi connectivity index (χ0n) is 16.4. The van der Waals surface area contributed by atoms with Crippen molar-refractivity contribution in [2.24, 2.45) is 0 Å². The monoisotopic (exact) mass is 386 g/mol. The fourth-order valence-electron chi connectivity index (χ4n) is 3.18. The van der Waals surface area contributed by atoms with Crippen molar-refractivity contribution in [3.63, 3.8) is 0 Å². The minimum absolute atomic E-state index is 0.0330. The first-order chi connectivity index (χ1) is 14.1. The standard InChI is InChI=1S/C24H22N2O3/c1-16-7-9-17(10-8-16)11-14-23(27)25-18-12-13-20-22(15-18)29-24(26-20)19-5-3-4-6-21(19)28-2/h3-10,12-13,15H,11,14H2,1-2H3,(H,25,27). The SMILES string of the molecule is COc1ccccc1-c1nc2ccc(NC(=O)CCc3ccc(C)cc3)cc2o1. The smallest absolute Gasteiger partial charge is 0.231 e. The molecule has 1 N–H and O–H groups in total. The summed E-state index contributed by atoms with van der Waals surface area (Å²) >= 11 is 0. The lowest BCUT2D eigenvalue weighted by Crippen LogP contribution is -2.12. The molecule has 4 aromatic rings. The van der Waals surface area contributed by atoms with Crippen LogP contribution in [0.5, 0.6) is 5.75 Å². The van der Waals surface area contributed by atoms with E-state index in [2.05, 4.69) is 41.5 Å². The van der Waals surface area contributed by atoms with Gasteiger partial charge >= 0.3 is 0 Å². The number of carbonyl (C=O) groups excluding carboxylic acids is 1. The molecule has 0 spiro atoms. The fraction of sp³-hybridized carbons (Fsp3) is 0.167. The average molecular weight is 386 g/mol. The fourth-order valence-corrected chi connectivity index (χ4v) is 3.18. The Morgan fingerprint density at radius 1 is 1.07 bits per heavy atom. The summed E-state index contributed by atoms with van der Waals surface area (Å²) in [5.74, 6) is 1.15. The van der Waals surface area contributed by atoms with Crippen LogP contribution >= 0.6 is 0 Å².